The molecule has 2 nitrogen and oxygen atoms in total. The van der Waals surface area contributed by atoms with Gasteiger partial charge in [0.2, 0.25) is 0 Å². The molecule has 0 spiro atoms. The Morgan fingerprint density at radius 2 is 1.85 bits per heavy atom. The van der Waals surface area contributed by atoms with Gasteiger partial charge in [-0.2, -0.15) is 0 Å². The zero-order chi connectivity index (χ0) is 15.1. The van der Waals surface area contributed by atoms with Crippen molar-refractivity contribution >= 4 is 5.97 Å². The fourth-order valence-corrected chi connectivity index (χ4v) is 2.76. The van der Waals surface area contributed by atoms with E-state index >= 15 is 0 Å². The van der Waals surface area contributed by atoms with E-state index in [1.54, 1.807) is 6.92 Å². The summed E-state index contributed by atoms with van der Waals surface area (Å²) in [4.78, 5) is 11.8. The third-order valence-electron chi connectivity index (χ3n) is 4.05. The monoisotopic (exact) mass is 272 g/mol. The van der Waals surface area contributed by atoms with Crippen molar-refractivity contribution in [2.45, 2.75) is 47.1 Å². The molecule has 20 heavy (non-hydrogen) atoms. The number of carbonyl (C=O) groups is 1. The second kappa shape index (κ2) is 4.76. The van der Waals surface area contributed by atoms with Crippen LogP contribution in [0.25, 0.3) is 0 Å². The van der Waals surface area contributed by atoms with Crippen LogP contribution in [0.1, 0.15) is 41.0 Å². The van der Waals surface area contributed by atoms with E-state index in [0.717, 1.165) is 12.0 Å². The van der Waals surface area contributed by atoms with Crippen LogP contribution in [0.15, 0.2) is 47.6 Å². The number of rotatable bonds is 2. The summed E-state index contributed by atoms with van der Waals surface area (Å²) >= 11 is 0. The molecule has 0 aromatic carbocycles. The summed E-state index contributed by atoms with van der Waals surface area (Å²) in [7, 11) is 0. The van der Waals surface area contributed by atoms with Crippen molar-refractivity contribution in [1.82, 2.24) is 0 Å². The van der Waals surface area contributed by atoms with E-state index in [4.69, 9.17) is 4.74 Å². The zero-order valence-corrected chi connectivity index (χ0v) is 13.1. The summed E-state index contributed by atoms with van der Waals surface area (Å²) in [6.07, 6.45) is 9.38. The molecule has 0 fully saturated rings. The summed E-state index contributed by atoms with van der Waals surface area (Å²) < 4.78 is 5.62. The molecule has 0 saturated heterocycles. The summed E-state index contributed by atoms with van der Waals surface area (Å²) in [6, 6.07) is 0. The maximum atomic E-state index is 11.8. The fourth-order valence-electron chi connectivity index (χ4n) is 2.76. The third kappa shape index (κ3) is 2.79. The summed E-state index contributed by atoms with van der Waals surface area (Å²) in [5.41, 5.74) is 2.91. The Hall–Kier alpha value is -1.57. The Balaban J connectivity index is 2.35. The SMILES string of the molecule is C=C(C)C(=O)OC1CC(C)(C)C2=C1C=CC(C)(C)C=C2. The van der Waals surface area contributed by atoms with Crippen LogP contribution >= 0.6 is 0 Å². The van der Waals surface area contributed by atoms with Crippen LogP contribution in [0, 0.1) is 10.8 Å². The van der Waals surface area contributed by atoms with Gasteiger partial charge in [0, 0.05) is 11.0 Å². The van der Waals surface area contributed by atoms with Crippen LogP contribution in [-0.4, -0.2) is 12.1 Å². The van der Waals surface area contributed by atoms with Crippen molar-refractivity contribution in [2.24, 2.45) is 10.8 Å². The van der Waals surface area contributed by atoms with E-state index < -0.39 is 0 Å². The molecule has 2 heteroatoms. The molecule has 108 valence electrons. The standard InChI is InChI=1S/C18H24O2/c1-12(2)16(19)20-15-11-18(5,6)14-8-10-17(3,4)9-7-13(14)15/h7-10,15H,1,11H2,2-6H3. The highest BCUT2D eigenvalue weighted by Gasteiger charge is 2.40. The molecule has 2 aliphatic rings. The van der Waals surface area contributed by atoms with Gasteiger partial charge in [0.1, 0.15) is 6.10 Å². The Morgan fingerprint density at radius 3 is 2.45 bits per heavy atom. The minimum Gasteiger partial charge on any atom is -0.454 e. The van der Waals surface area contributed by atoms with E-state index in [2.05, 4.69) is 58.6 Å². The predicted molar refractivity (Wildman–Crippen MR) is 82.2 cm³/mol. The molecule has 1 unspecified atom stereocenters. The smallest absolute Gasteiger partial charge is 0.333 e. The molecule has 1 atom stereocenters. The van der Waals surface area contributed by atoms with E-state index in [0.29, 0.717) is 5.57 Å². The molecule has 2 rings (SSSR count). The van der Waals surface area contributed by atoms with E-state index in [9.17, 15) is 4.79 Å². The highest BCUT2D eigenvalue weighted by atomic mass is 16.5. The lowest BCUT2D eigenvalue weighted by molar-refractivity contribution is -0.142. The van der Waals surface area contributed by atoms with Crippen molar-refractivity contribution in [3.63, 3.8) is 0 Å². The topological polar surface area (TPSA) is 26.3 Å². The summed E-state index contributed by atoms with van der Waals surface area (Å²) in [6.45, 7) is 14.1. The first-order valence-corrected chi connectivity index (χ1v) is 7.12. The van der Waals surface area contributed by atoms with Crippen LogP contribution in [-0.2, 0) is 9.53 Å². The van der Waals surface area contributed by atoms with Gasteiger partial charge in [-0.1, -0.05) is 58.6 Å². The van der Waals surface area contributed by atoms with Gasteiger partial charge >= 0.3 is 5.97 Å². The molecular formula is C18H24O2. The minimum atomic E-state index is -0.305. The lowest BCUT2D eigenvalue weighted by Gasteiger charge is -2.22. The molecule has 0 N–H and O–H groups in total. The Labute approximate surface area is 121 Å². The lowest BCUT2D eigenvalue weighted by Crippen LogP contribution is -2.20. The molecule has 0 aromatic rings. The van der Waals surface area contributed by atoms with Crippen molar-refractivity contribution in [3.8, 4) is 0 Å². The quantitative estimate of drug-likeness (QED) is 0.551. The zero-order valence-electron chi connectivity index (χ0n) is 13.1. The van der Waals surface area contributed by atoms with Crippen molar-refractivity contribution < 1.29 is 9.53 Å². The average Bonchev–Trinajstić information content (AvgIpc) is 2.43. The van der Waals surface area contributed by atoms with Gasteiger partial charge in [0.25, 0.3) is 0 Å². The van der Waals surface area contributed by atoms with Gasteiger partial charge < -0.3 is 4.74 Å². The molecule has 0 aromatic heterocycles. The molecule has 0 radical (unpaired) electrons. The van der Waals surface area contributed by atoms with Gasteiger partial charge in [-0.15, -0.1) is 0 Å². The van der Waals surface area contributed by atoms with E-state index in [1.165, 1.54) is 5.57 Å². The molecule has 0 saturated carbocycles. The van der Waals surface area contributed by atoms with Gasteiger partial charge in [0.05, 0.1) is 0 Å². The van der Waals surface area contributed by atoms with Crippen LogP contribution in [0.3, 0.4) is 0 Å². The number of hydrogen-bond acceptors (Lipinski definition) is 2. The fraction of sp³-hybridized carbons (Fsp3) is 0.500. The van der Waals surface area contributed by atoms with Crippen LogP contribution < -0.4 is 0 Å². The number of hydrogen-bond donors (Lipinski definition) is 0. The third-order valence-corrected chi connectivity index (χ3v) is 4.05. The maximum Gasteiger partial charge on any atom is 0.333 e. The first kappa shape index (κ1) is 14.8. The van der Waals surface area contributed by atoms with Crippen LogP contribution in [0.4, 0.5) is 0 Å². The minimum absolute atomic E-state index is 0.0244. The van der Waals surface area contributed by atoms with Crippen LogP contribution in [0.5, 0.6) is 0 Å². The predicted octanol–water partition coefficient (Wildman–Crippen LogP) is 4.35. The molecule has 0 amide bonds. The second-order valence-electron chi connectivity index (χ2n) is 7.12. The number of esters is 1. The lowest BCUT2D eigenvalue weighted by atomic mass is 9.84. The molecule has 0 heterocycles. The highest BCUT2D eigenvalue weighted by Crippen LogP contribution is 2.47. The normalized spacial score (nSPS) is 26.1. The Bertz CT molecular complexity index is 542. The highest BCUT2D eigenvalue weighted by molar-refractivity contribution is 5.87. The van der Waals surface area contributed by atoms with Crippen molar-refractivity contribution in [3.05, 3.63) is 47.6 Å². The molecule has 2 aliphatic carbocycles. The second-order valence-corrected chi connectivity index (χ2v) is 7.12. The van der Waals surface area contributed by atoms with Crippen molar-refractivity contribution in [1.29, 1.82) is 0 Å². The van der Waals surface area contributed by atoms with Gasteiger partial charge in [0.15, 0.2) is 0 Å². The summed E-state index contributed by atoms with van der Waals surface area (Å²) in [5.74, 6) is -0.305. The molecule has 0 bridgehead atoms. The Morgan fingerprint density at radius 1 is 1.25 bits per heavy atom. The number of ether oxygens (including phenoxy) is 1. The first-order valence-electron chi connectivity index (χ1n) is 7.12. The van der Waals surface area contributed by atoms with Crippen LogP contribution in [0.2, 0.25) is 0 Å². The van der Waals surface area contributed by atoms with Gasteiger partial charge in [-0.05, 0) is 29.9 Å². The average molecular weight is 272 g/mol. The first-order chi connectivity index (χ1) is 9.12. The number of allylic oxidation sites excluding steroid dienone is 4. The van der Waals surface area contributed by atoms with Gasteiger partial charge in [-0.3, -0.25) is 0 Å². The molecular weight excluding hydrogens is 248 g/mol. The van der Waals surface area contributed by atoms with Crippen molar-refractivity contribution in [2.75, 3.05) is 0 Å². The van der Waals surface area contributed by atoms with Gasteiger partial charge in [-0.25, -0.2) is 4.79 Å². The largest absolute Gasteiger partial charge is 0.454 e. The number of carbonyl (C=O) groups excluding carboxylic acids is 1. The Kier molecular flexibility index (Phi) is 3.53. The summed E-state index contributed by atoms with van der Waals surface area (Å²) in [5, 5.41) is 0. The van der Waals surface area contributed by atoms with E-state index in [1.807, 2.05) is 0 Å². The maximum absolute atomic E-state index is 11.8. The van der Waals surface area contributed by atoms with E-state index in [-0.39, 0.29) is 22.9 Å². The molecule has 0 aliphatic heterocycles.